The van der Waals surface area contributed by atoms with Gasteiger partial charge in [-0.15, -0.1) is 0 Å². The normalized spacial score (nSPS) is 10.4. The molecule has 0 N–H and O–H groups in total. The first-order valence-electron chi connectivity index (χ1n) is 8.19. The van der Waals surface area contributed by atoms with Gasteiger partial charge in [0, 0.05) is 18.1 Å². The minimum Gasteiger partial charge on any atom is -0.436 e. The van der Waals surface area contributed by atoms with Crippen LogP contribution in [0.2, 0.25) is 0 Å². The number of benzene rings is 2. The van der Waals surface area contributed by atoms with Gasteiger partial charge in [0.05, 0.1) is 17.3 Å². The molecule has 0 unspecified atom stereocenters. The van der Waals surface area contributed by atoms with Crippen LogP contribution in [-0.4, -0.2) is 10.8 Å². The first-order chi connectivity index (χ1) is 13.4. The molecule has 0 aliphatic heterocycles. The summed E-state index contributed by atoms with van der Waals surface area (Å²) in [5.74, 6) is -2.70. The van der Waals surface area contributed by atoms with E-state index in [9.17, 15) is 18.0 Å². The maximum absolute atomic E-state index is 14.4. The van der Waals surface area contributed by atoms with Gasteiger partial charge in [-0.1, -0.05) is 6.07 Å². The Morgan fingerprint density at radius 1 is 1.07 bits per heavy atom. The number of carbonyl (C=O) groups excluding carboxylic acids is 1. The van der Waals surface area contributed by atoms with Crippen molar-refractivity contribution < 1.29 is 22.7 Å². The summed E-state index contributed by atoms with van der Waals surface area (Å²) < 4.78 is 47.9. The number of hydrogen-bond acceptors (Lipinski definition) is 4. The number of halogens is 3. The van der Waals surface area contributed by atoms with E-state index in [4.69, 9.17) is 10.00 Å². The molecule has 7 heteroatoms. The number of carbonyl (C=O) groups is 1. The van der Waals surface area contributed by atoms with E-state index in [0.717, 1.165) is 18.2 Å². The second-order valence-corrected chi connectivity index (χ2v) is 6.02. The molecular formula is C21H13F3N2O2. The van der Waals surface area contributed by atoms with Gasteiger partial charge >= 0.3 is 0 Å². The molecule has 140 valence electrons. The number of hydrogen-bond donors (Lipinski definition) is 0. The Labute approximate surface area is 158 Å². The molecule has 0 radical (unpaired) electrons. The van der Waals surface area contributed by atoms with Crippen molar-refractivity contribution in [2.24, 2.45) is 0 Å². The number of aromatic nitrogens is 1. The number of Topliss-reactive ketones (excluding diaryl/α,β-unsaturated/α-hetero) is 1. The van der Waals surface area contributed by atoms with Crippen LogP contribution < -0.4 is 4.74 Å². The van der Waals surface area contributed by atoms with Crippen molar-refractivity contribution in [3.63, 3.8) is 0 Å². The first-order valence-corrected chi connectivity index (χ1v) is 8.19. The Morgan fingerprint density at radius 3 is 2.54 bits per heavy atom. The zero-order chi connectivity index (χ0) is 20.3. The van der Waals surface area contributed by atoms with Gasteiger partial charge in [0.1, 0.15) is 17.4 Å². The molecule has 0 fully saturated rings. The van der Waals surface area contributed by atoms with Crippen molar-refractivity contribution in [3.05, 3.63) is 77.1 Å². The molecule has 0 aliphatic rings. The van der Waals surface area contributed by atoms with Gasteiger partial charge in [0.2, 0.25) is 5.88 Å². The van der Waals surface area contributed by atoms with Gasteiger partial charge in [-0.3, -0.25) is 4.79 Å². The van der Waals surface area contributed by atoms with E-state index in [1.54, 1.807) is 0 Å². The van der Waals surface area contributed by atoms with Crippen LogP contribution in [0.15, 0.2) is 48.5 Å². The molecule has 2 aromatic carbocycles. The summed E-state index contributed by atoms with van der Waals surface area (Å²) in [7, 11) is 0. The van der Waals surface area contributed by atoms with Crippen LogP contribution in [0, 0.1) is 28.8 Å². The van der Waals surface area contributed by atoms with Crippen molar-refractivity contribution in [1.82, 2.24) is 4.98 Å². The topological polar surface area (TPSA) is 63.0 Å². The van der Waals surface area contributed by atoms with Gasteiger partial charge in [-0.25, -0.2) is 18.2 Å². The zero-order valence-corrected chi connectivity index (χ0v) is 14.7. The molecule has 0 saturated carbocycles. The number of nitriles is 1. The zero-order valence-electron chi connectivity index (χ0n) is 14.7. The molecular weight excluding hydrogens is 369 g/mol. The van der Waals surface area contributed by atoms with Gasteiger partial charge in [-0.05, 0) is 48.9 Å². The molecule has 0 bridgehead atoms. The van der Waals surface area contributed by atoms with Crippen LogP contribution in [0.5, 0.6) is 11.6 Å². The summed E-state index contributed by atoms with van der Waals surface area (Å²) in [6.45, 7) is 1.29. The van der Waals surface area contributed by atoms with Gasteiger partial charge < -0.3 is 4.74 Å². The van der Waals surface area contributed by atoms with Crippen LogP contribution in [0.4, 0.5) is 13.2 Å². The predicted molar refractivity (Wildman–Crippen MR) is 95.2 cm³/mol. The average molecular weight is 382 g/mol. The van der Waals surface area contributed by atoms with E-state index in [1.807, 2.05) is 6.07 Å². The molecule has 1 heterocycles. The lowest BCUT2D eigenvalue weighted by Gasteiger charge is -2.10. The lowest BCUT2D eigenvalue weighted by molar-refractivity contribution is -0.116. The van der Waals surface area contributed by atoms with E-state index < -0.39 is 17.5 Å². The van der Waals surface area contributed by atoms with Crippen LogP contribution in [0.3, 0.4) is 0 Å². The van der Waals surface area contributed by atoms with Crippen molar-refractivity contribution in [1.29, 1.82) is 5.26 Å². The first kappa shape index (κ1) is 19.1. The maximum atomic E-state index is 14.4. The summed E-state index contributed by atoms with van der Waals surface area (Å²) in [5.41, 5.74) is 0.0587. The highest BCUT2D eigenvalue weighted by molar-refractivity contribution is 5.78. The number of rotatable bonds is 5. The summed E-state index contributed by atoms with van der Waals surface area (Å²) in [6.07, 6.45) is -0.211. The molecule has 3 aromatic rings. The molecule has 4 nitrogen and oxygen atoms in total. The highest BCUT2D eigenvalue weighted by Gasteiger charge is 2.15. The Balaban J connectivity index is 1.93. The quantitative estimate of drug-likeness (QED) is 0.626. The largest absolute Gasteiger partial charge is 0.436 e. The third-order valence-electron chi connectivity index (χ3n) is 3.85. The van der Waals surface area contributed by atoms with Crippen molar-refractivity contribution in [3.8, 4) is 29.0 Å². The second kappa shape index (κ2) is 7.92. The predicted octanol–water partition coefficient (Wildman–Crippen LogP) is 4.96. The highest BCUT2D eigenvalue weighted by Crippen LogP contribution is 2.29. The fourth-order valence-electron chi connectivity index (χ4n) is 2.58. The number of ketones is 1. The van der Waals surface area contributed by atoms with E-state index in [-0.39, 0.29) is 46.2 Å². The molecule has 0 spiro atoms. The Kier molecular flexibility index (Phi) is 5.41. The van der Waals surface area contributed by atoms with Crippen LogP contribution >= 0.6 is 0 Å². The minimum absolute atomic E-state index is 0.0336. The third kappa shape index (κ3) is 4.18. The molecule has 0 aliphatic carbocycles. The van der Waals surface area contributed by atoms with Crippen molar-refractivity contribution in [2.45, 2.75) is 13.3 Å². The fraction of sp³-hybridized carbons (Fsp3) is 0.0952. The molecule has 3 rings (SSSR count). The van der Waals surface area contributed by atoms with Crippen molar-refractivity contribution in [2.75, 3.05) is 0 Å². The third-order valence-corrected chi connectivity index (χ3v) is 3.85. The molecule has 0 amide bonds. The average Bonchev–Trinajstić information content (AvgIpc) is 2.66. The van der Waals surface area contributed by atoms with Crippen LogP contribution in [0.1, 0.15) is 18.1 Å². The number of pyridine rings is 1. The molecule has 1 aromatic heterocycles. The second-order valence-electron chi connectivity index (χ2n) is 6.02. The Hall–Kier alpha value is -3.66. The Morgan fingerprint density at radius 2 is 1.86 bits per heavy atom. The minimum atomic E-state index is -0.753. The monoisotopic (exact) mass is 382 g/mol. The maximum Gasteiger partial charge on any atom is 0.219 e. The van der Waals surface area contributed by atoms with Gasteiger partial charge in [-0.2, -0.15) is 5.26 Å². The van der Waals surface area contributed by atoms with Crippen LogP contribution in [-0.2, 0) is 11.2 Å². The number of nitrogens with zero attached hydrogens (tertiary/aromatic N) is 2. The van der Waals surface area contributed by atoms with E-state index in [2.05, 4.69) is 4.98 Å². The number of ether oxygens (including phenoxy) is 1. The summed E-state index contributed by atoms with van der Waals surface area (Å²) in [6, 6.07) is 11.8. The smallest absolute Gasteiger partial charge is 0.219 e. The summed E-state index contributed by atoms with van der Waals surface area (Å²) in [4.78, 5) is 15.2. The van der Waals surface area contributed by atoms with E-state index >= 15 is 0 Å². The lowest BCUT2D eigenvalue weighted by Crippen LogP contribution is -2.02. The fourth-order valence-corrected chi connectivity index (χ4v) is 2.58. The van der Waals surface area contributed by atoms with E-state index in [1.165, 1.54) is 37.3 Å². The highest BCUT2D eigenvalue weighted by atomic mass is 19.1. The summed E-state index contributed by atoms with van der Waals surface area (Å²) in [5, 5.41) is 8.77. The molecule has 0 saturated heterocycles. The molecule has 0 atom stereocenters. The standard InChI is InChI=1S/C21H13F3N2O2/c1-12(27)7-14-9-17(23)15(10-16(14)22)19-3-2-4-21(26-19)28-20-6-5-13(11-25)8-18(20)24/h2-6,8-10H,7H2,1H3. The SMILES string of the molecule is CC(=O)Cc1cc(F)c(-c2cccc(Oc3ccc(C#N)cc3F)n2)cc1F. The summed E-state index contributed by atoms with van der Waals surface area (Å²) >= 11 is 0. The van der Waals surface area contributed by atoms with Crippen LogP contribution in [0.25, 0.3) is 11.3 Å². The Bertz CT molecular complexity index is 1110. The molecule has 28 heavy (non-hydrogen) atoms. The lowest BCUT2D eigenvalue weighted by atomic mass is 10.0. The van der Waals surface area contributed by atoms with Gasteiger partial charge in [0.25, 0.3) is 0 Å². The van der Waals surface area contributed by atoms with Gasteiger partial charge in [0.15, 0.2) is 11.6 Å². The van der Waals surface area contributed by atoms with Crippen molar-refractivity contribution >= 4 is 5.78 Å². The van der Waals surface area contributed by atoms with E-state index in [0.29, 0.717) is 0 Å².